The van der Waals surface area contributed by atoms with E-state index < -0.39 is 0 Å². The fourth-order valence-corrected chi connectivity index (χ4v) is 1.64. The summed E-state index contributed by atoms with van der Waals surface area (Å²) in [5, 5.41) is 3.82. The van der Waals surface area contributed by atoms with Crippen molar-refractivity contribution in [1.82, 2.24) is 15.1 Å². The maximum atomic E-state index is 5.48. The lowest BCUT2D eigenvalue weighted by Crippen LogP contribution is -2.14. The van der Waals surface area contributed by atoms with Crippen molar-refractivity contribution >= 4 is 11.3 Å². The van der Waals surface area contributed by atoms with Crippen molar-refractivity contribution in [3.8, 4) is 10.7 Å². The highest BCUT2D eigenvalue weighted by Crippen LogP contribution is 2.22. The van der Waals surface area contributed by atoms with Gasteiger partial charge in [-0.25, -0.2) is 0 Å². The standard InChI is InChI=1S/C8H10N4O2S/c1-13-5(2-9)8-11-7(12-14-8)6-3-10-4-15-6/h3-5H,2,9H2,1H3. The first kappa shape index (κ1) is 10.2. The maximum absolute atomic E-state index is 5.48. The Morgan fingerprint density at radius 2 is 2.53 bits per heavy atom. The van der Waals surface area contributed by atoms with Crippen LogP contribution in [0.2, 0.25) is 0 Å². The molecule has 1 atom stereocenters. The molecule has 2 aromatic heterocycles. The van der Waals surface area contributed by atoms with Crippen molar-refractivity contribution in [2.24, 2.45) is 5.73 Å². The second kappa shape index (κ2) is 4.47. The van der Waals surface area contributed by atoms with Gasteiger partial charge < -0.3 is 15.0 Å². The van der Waals surface area contributed by atoms with Crippen LogP contribution in [0.1, 0.15) is 12.0 Å². The lowest BCUT2D eigenvalue weighted by Gasteiger charge is -2.05. The van der Waals surface area contributed by atoms with Gasteiger partial charge in [-0.1, -0.05) is 5.16 Å². The number of methoxy groups -OCH3 is 1. The van der Waals surface area contributed by atoms with E-state index in [1.165, 1.54) is 11.3 Å². The molecule has 0 aliphatic rings. The van der Waals surface area contributed by atoms with E-state index in [2.05, 4.69) is 15.1 Å². The predicted molar refractivity (Wildman–Crippen MR) is 54.2 cm³/mol. The molecule has 0 saturated carbocycles. The molecule has 2 aromatic rings. The van der Waals surface area contributed by atoms with Crippen LogP contribution >= 0.6 is 11.3 Å². The number of nitrogens with zero attached hydrogens (tertiary/aromatic N) is 3. The lowest BCUT2D eigenvalue weighted by atomic mass is 10.3. The van der Waals surface area contributed by atoms with E-state index in [0.717, 1.165) is 4.88 Å². The molecule has 0 saturated heterocycles. The second-order valence-corrected chi connectivity index (χ2v) is 3.67. The van der Waals surface area contributed by atoms with E-state index in [9.17, 15) is 0 Å². The van der Waals surface area contributed by atoms with Crippen LogP contribution in [-0.4, -0.2) is 28.8 Å². The smallest absolute Gasteiger partial charge is 0.257 e. The summed E-state index contributed by atoms with van der Waals surface area (Å²) in [6.07, 6.45) is 1.34. The Morgan fingerprint density at radius 1 is 1.67 bits per heavy atom. The Kier molecular flexibility index (Phi) is 3.05. The van der Waals surface area contributed by atoms with E-state index >= 15 is 0 Å². The second-order valence-electron chi connectivity index (χ2n) is 2.78. The zero-order chi connectivity index (χ0) is 10.7. The third-order valence-electron chi connectivity index (χ3n) is 1.87. The first-order valence-electron chi connectivity index (χ1n) is 4.30. The lowest BCUT2D eigenvalue weighted by molar-refractivity contribution is 0.0804. The summed E-state index contributed by atoms with van der Waals surface area (Å²) < 4.78 is 10.1. The summed E-state index contributed by atoms with van der Waals surface area (Å²) in [7, 11) is 1.55. The van der Waals surface area contributed by atoms with E-state index in [-0.39, 0.29) is 6.10 Å². The molecular formula is C8H10N4O2S. The van der Waals surface area contributed by atoms with Gasteiger partial charge in [0.1, 0.15) is 6.10 Å². The summed E-state index contributed by atoms with van der Waals surface area (Å²) in [6, 6.07) is 0. The Morgan fingerprint density at radius 3 is 3.13 bits per heavy atom. The molecule has 15 heavy (non-hydrogen) atoms. The summed E-state index contributed by atoms with van der Waals surface area (Å²) in [6.45, 7) is 0.306. The average Bonchev–Trinajstić information content (AvgIpc) is 2.89. The van der Waals surface area contributed by atoms with Crippen molar-refractivity contribution in [3.05, 3.63) is 17.6 Å². The molecule has 2 N–H and O–H groups in total. The SMILES string of the molecule is COC(CN)c1nc(-c2cncs2)no1. The minimum absolute atomic E-state index is 0.306. The number of hydrogen-bond donors (Lipinski definition) is 1. The van der Waals surface area contributed by atoms with E-state index in [1.54, 1.807) is 18.8 Å². The first-order chi connectivity index (χ1) is 7.35. The largest absolute Gasteiger partial charge is 0.370 e. The van der Waals surface area contributed by atoms with Gasteiger partial charge in [0.05, 0.1) is 10.4 Å². The number of hydrogen-bond acceptors (Lipinski definition) is 7. The quantitative estimate of drug-likeness (QED) is 0.831. The van der Waals surface area contributed by atoms with Crippen LogP contribution in [0, 0.1) is 0 Å². The molecular weight excluding hydrogens is 216 g/mol. The number of rotatable bonds is 4. The van der Waals surface area contributed by atoms with Gasteiger partial charge in [0, 0.05) is 19.9 Å². The third kappa shape index (κ3) is 2.04. The molecule has 80 valence electrons. The Labute approximate surface area is 90.1 Å². The minimum atomic E-state index is -0.348. The molecule has 6 nitrogen and oxygen atoms in total. The summed E-state index contributed by atoms with van der Waals surface area (Å²) in [5.41, 5.74) is 7.19. The zero-order valence-electron chi connectivity index (χ0n) is 8.08. The highest BCUT2D eigenvalue weighted by molar-refractivity contribution is 7.13. The van der Waals surface area contributed by atoms with E-state index in [0.29, 0.717) is 18.3 Å². The van der Waals surface area contributed by atoms with Crippen molar-refractivity contribution in [3.63, 3.8) is 0 Å². The van der Waals surface area contributed by atoms with Gasteiger partial charge in [-0.3, -0.25) is 4.98 Å². The number of nitrogens with two attached hydrogens (primary N) is 1. The fraction of sp³-hybridized carbons (Fsp3) is 0.375. The van der Waals surface area contributed by atoms with Crippen molar-refractivity contribution in [2.75, 3.05) is 13.7 Å². The topological polar surface area (TPSA) is 87.1 Å². The first-order valence-corrected chi connectivity index (χ1v) is 5.18. The molecule has 0 aromatic carbocycles. The highest BCUT2D eigenvalue weighted by atomic mass is 32.1. The van der Waals surface area contributed by atoms with Crippen LogP contribution in [-0.2, 0) is 4.74 Å². The van der Waals surface area contributed by atoms with Crippen LogP contribution in [0.15, 0.2) is 16.2 Å². The molecule has 0 spiro atoms. The zero-order valence-corrected chi connectivity index (χ0v) is 8.90. The Hall–Kier alpha value is -1.31. The maximum Gasteiger partial charge on any atom is 0.257 e. The van der Waals surface area contributed by atoms with E-state index in [1.807, 2.05) is 0 Å². The molecule has 0 radical (unpaired) electrons. The summed E-state index contributed by atoms with van der Waals surface area (Å²) in [5.74, 6) is 0.909. The van der Waals surface area contributed by atoms with Crippen LogP contribution in [0.3, 0.4) is 0 Å². The van der Waals surface area contributed by atoms with Crippen molar-refractivity contribution in [2.45, 2.75) is 6.10 Å². The number of ether oxygens (including phenoxy) is 1. The Bertz CT molecular complexity index is 410. The third-order valence-corrected chi connectivity index (χ3v) is 2.64. The van der Waals surface area contributed by atoms with Gasteiger partial charge in [0.15, 0.2) is 0 Å². The summed E-state index contributed by atoms with van der Waals surface area (Å²) >= 11 is 1.45. The van der Waals surface area contributed by atoms with E-state index in [4.69, 9.17) is 15.0 Å². The van der Waals surface area contributed by atoms with Gasteiger partial charge in [-0.2, -0.15) is 4.98 Å². The van der Waals surface area contributed by atoms with Crippen LogP contribution in [0.5, 0.6) is 0 Å². The molecule has 0 fully saturated rings. The molecule has 7 heteroatoms. The van der Waals surface area contributed by atoms with Gasteiger partial charge in [0.25, 0.3) is 5.89 Å². The molecule has 0 aliphatic heterocycles. The fourth-order valence-electron chi connectivity index (χ4n) is 1.09. The highest BCUT2D eigenvalue weighted by Gasteiger charge is 2.17. The van der Waals surface area contributed by atoms with Crippen LogP contribution < -0.4 is 5.73 Å². The molecule has 0 aliphatic carbocycles. The van der Waals surface area contributed by atoms with Gasteiger partial charge >= 0.3 is 0 Å². The van der Waals surface area contributed by atoms with Crippen LogP contribution in [0.4, 0.5) is 0 Å². The number of thiazole rings is 1. The van der Waals surface area contributed by atoms with Crippen molar-refractivity contribution < 1.29 is 9.26 Å². The molecule has 1 unspecified atom stereocenters. The molecule has 2 heterocycles. The van der Waals surface area contributed by atoms with Gasteiger partial charge in [-0.05, 0) is 0 Å². The minimum Gasteiger partial charge on any atom is -0.370 e. The normalized spacial score (nSPS) is 12.9. The van der Waals surface area contributed by atoms with Crippen molar-refractivity contribution in [1.29, 1.82) is 0 Å². The van der Waals surface area contributed by atoms with Gasteiger partial charge in [0.2, 0.25) is 5.82 Å². The predicted octanol–water partition coefficient (Wildman–Crippen LogP) is 0.839. The summed E-state index contributed by atoms with van der Waals surface area (Å²) in [4.78, 5) is 8.97. The average molecular weight is 226 g/mol. The Balaban J connectivity index is 2.24. The van der Waals surface area contributed by atoms with Crippen LogP contribution in [0.25, 0.3) is 10.7 Å². The number of aromatic nitrogens is 3. The van der Waals surface area contributed by atoms with Gasteiger partial charge in [-0.15, -0.1) is 11.3 Å². The molecule has 0 bridgehead atoms. The molecule has 0 amide bonds. The monoisotopic (exact) mass is 226 g/mol. The molecule has 2 rings (SSSR count).